The fraction of sp³-hybridized carbons (Fsp3) is 0.143. The molecule has 0 aliphatic heterocycles. The number of benzene rings is 7. The van der Waals surface area contributed by atoms with Gasteiger partial charge in [-0.25, -0.2) is 29.3 Å². The molecule has 0 fully saturated rings. The van der Waals surface area contributed by atoms with Crippen molar-refractivity contribution in [1.29, 1.82) is 0 Å². The number of carboxylic acid groups (broad SMARTS) is 3. The summed E-state index contributed by atoms with van der Waals surface area (Å²) < 4.78 is 17.2. The fourth-order valence-corrected chi connectivity index (χ4v) is 7.46. The maximum absolute atomic E-state index is 11.2. The molecular formula is C56H47ClN4O9. The molecule has 0 aliphatic rings. The lowest BCUT2D eigenvalue weighted by Crippen LogP contribution is -2.10. The number of anilines is 1. The number of rotatable bonds is 10. The molecule has 0 aliphatic carbocycles. The van der Waals surface area contributed by atoms with Crippen molar-refractivity contribution >= 4 is 68.5 Å². The number of carbonyl (C=O) groups is 3. The highest BCUT2D eigenvalue weighted by Gasteiger charge is 2.18. The van der Waals surface area contributed by atoms with Gasteiger partial charge in [0.05, 0.1) is 16.7 Å². The van der Waals surface area contributed by atoms with Crippen LogP contribution in [0.4, 0.5) is 5.69 Å². The van der Waals surface area contributed by atoms with Crippen LogP contribution < -0.4 is 5.32 Å². The number of nitrogens with one attached hydrogen (secondary N) is 1. The molecule has 0 atom stereocenters. The van der Waals surface area contributed by atoms with Crippen LogP contribution in [0.25, 0.3) is 67.7 Å². The van der Waals surface area contributed by atoms with Gasteiger partial charge in [0.1, 0.15) is 16.6 Å². The van der Waals surface area contributed by atoms with Crippen LogP contribution in [0.1, 0.15) is 88.3 Å². The van der Waals surface area contributed by atoms with Gasteiger partial charge >= 0.3 is 17.9 Å². The lowest BCUT2D eigenvalue weighted by Gasteiger charge is -2.18. The van der Waals surface area contributed by atoms with E-state index in [4.69, 9.17) is 40.2 Å². The maximum atomic E-state index is 11.2. The largest absolute Gasteiger partial charge is 0.478 e. The molecule has 4 N–H and O–H groups in total. The predicted molar refractivity (Wildman–Crippen MR) is 271 cm³/mol. The van der Waals surface area contributed by atoms with Crippen molar-refractivity contribution < 1.29 is 43.0 Å². The fourth-order valence-electron chi connectivity index (χ4n) is 7.29. The molecule has 10 aromatic rings. The van der Waals surface area contributed by atoms with E-state index >= 15 is 0 Å². The summed E-state index contributed by atoms with van der Waals surface area (Å²) in [6, 6.07) is 45.1. The Balaban J connectivity index is 0.000000145. The summed E-state index contributed by atoms with van der Waals surface area (Å²) in [6.07, 6.45) is 0. The lowest BCUT2D eigenvalue weighted by molar-refractivity contribution is 0.0686. The summed E-state index contributed by atoms with van der Waals surface area (Å²) in [7, 11) is 0. The van der Waals surface area contributed by atoms with Gasteiger partial charge in [-0.15, -0.1) is 0 Å². The number of nitrogens with zero attached hydrogens (tertiary/aromatic N) is 3. The van der Waals surface area contributed by atoms with Gasteiger partial charge in [-0.1, -0.05) is 88.7 Å². The zero-order valence-electron chi connectivity index (χ0n) is 38.7. The number of oxazole rings is 3. The molecule has 0 saturated heterocycles. The molecule has 0 bridgehead atoms. The third-order valence-corrected chi connectivity index (χ3v) is 11.4. The highest BCUT2D eigenvalue weighted by molar-refractivity contribution is 6.31. The summed E-state index contributed by atoms with van der Waals surface area (Å²) in [5, 5.41) is 31.2. The number of aromatic nitrogens is 3. The minimum absolute atomic E-state index is 0.0382. The molecule has 10 rings (SSSR count). The Hall–Kier alpha value is -8.55. The molecule has 7 aromatic carbocycles. The van der Waals surface area contributed by atoms with Crippen molar-refractivity contribution in [1.82, 2.24) is 15.0 Å². The maximum Gasteiger partial charge on any atom is 0.335 e. The van der Waals surface area contributed by atoms with E-state index in [-0.39, 0.29) is 22.1 Å². The Morgan fingerprint density at radius 1 is 0.543 bits per heavy atom. The van der Waals surface area contributed by atoms with Crippen molar-refractivity contribution in [2.24, 2.45) is 0 Å². The SMILES string of the molecule is CC(C)(C)c1ccc2oc(-c3cccc(C(=O)O)c3)nc2c1.CC(C)c1ccc(NCc2ccc3oc(-c4cccc(C(=O)O)c4)nc3c2)cc1.O=C(O)c1cccc(-c2nc3cc(Cl)ccc3o2)c1. The van der Waals surface area contributed by atoms with Crippen molar-refractivity contribution in [2.75, 3.05) is 5.32 Å². The Bertz CT molecular complexity index is 3530. The first-order valence-corrected chi connectivity index (χ1v) is 22.6. The van der Waals surface area contributed by atoms with Crippen LogP contribution in [0.2, 0.25) is 5.02 Å². The van der Waals surface area contributed by atoms with E-state index in [1.54, 1.807) is 78.9 Å². The van der Waals surface area contributed by atoms with E-state index in [1.807, 2.05) is 36.4 Å². The third kappa shape index (κ3) is 11.4. The lowest BCUT2D eigenvalue weighted by atomic mass is 9.87. The zero-order valence-corrected chi connectivity index (χ0v) is 39.5. The van der Waals surface area contributed by atoms with Crippen LogP contribution in [0.3, 0.4) is 0 Å². The molecule has 70 heavy (non-hydrogen) atoms. The summed E-state index contributed by atoms with van der Waals surface area (Å²) in [5.74, 6) is -1.18. The molecular weight excluding hydrogens is 908 g/mol. The van der Waals surface area contributed by atoms with Crippen LogP contribution in [0.15, 0.2) is 165 Å². The molecule has 13 nitrogen and oxygen atoms in total. The van der Waals surface area contributed by atoms with Crippen LogP contribution in [-0.4, -0.2) is 48.2 Å². The summed E-state index contributed by atoms with van der Waals surface area (Å²) in [6.45, 7) is 11.5. The van der Waals surface area contributed by atoms with Gasteiger partial charge in [0.15, 0.2) is 16.7 Å². The number of hydrogen-bond acceptors (Lipinski definition) is 10. The highest BCUT2D eigenvalue weighted by Crippen LogP contribution is 2.31. The highest BCUT2D eigenvalue weighted by atomic mass is 35.5. The summed E-state index contributed by atoms with van der Waals surface area (Å²) >= 11 is 5.88. The van der Waals surface area contributed by atoms with Crippen LogP contribution in [0.5, 0.6) is 0 Å². The molecule has 0 spiro atoms. The number of carboxylic acids is 3. The standard InChI is InChI=1S/C24H22N2O3.C18H17NO3.C14H8ClNO3/c1-15(2)17-7-9-20(10-8-17)25-14-16-6-11-22-21(12-16)26-23(29-22)18-4-3-5-19(13-18)24(27)28;1-18(2,3)13-7-8-15-14(10-13)19-16(22-15)11-5-4-6-12(9-11)17(20)21;15-10-4-5-12-11(7-10)16-13(19-12)8-2-1-3-9(6-8)14(17)18/h3-13,15,25H,14H2,1-2H3,(H,27,28);4-10H,1-3H3,(H,20,21);1-7H,(H,17,18). The van der Waals surface area contributed by atoms with E-state index in [0.29, 0.717) is 74.1 Å². The first-order valence-electron chi connectivity index (χ1n) is 22.2. The number of aromatic carboxylic acids is 3. The van der Waals surface area contributed by atoms with Crippen molar-refractivity contribution in [3.05, 3.63) is 190 Å². The molecule has 0 saturated carbocycles. The van der Waals surface area contributed by atoms with Crippen molar-refractivity contribution in [2.45, 2.75) is 52.5 Å². The molecule has 352 valence electrons. The second kappa shape index (κ2) is 20.4. The minimum atomic E-state index is -0.985. The quantitative estimate of drug-likeness (QED) is 0.101. The van der Waals surface area contributed by atoms with Crippen LogP contribution in [0, 0.1) is 0 Å². The van der Waals surface area contributed by atoms with Gasteiger partial charge in [0.25, 0.3) is 0 Å². The molecule has 3 aromatic heterocycles. The molecule has 0 unspecified atom stereocenters. The third-order valence-electron chi connectivity index (χ3n) is 11.2. The smallest absolute Gasteiger partial charge is 0.335 e. The van der Waals surface area contributed by atoms with Gasteiger partial charge in [-0.2, -0.15) is 0 Å². The monoisotopic (exact) mass is 954 g/mol. The Morgan fingerprint density at radius 3 is 1.41 bits per heavy atom. The Labute approximate surface area is 407 Å². The Kier molecular flexibility index (Phi) is 13.9. The predicted octanol–water partition coefficient (Wildman–Crippen LogP) is 14.3. The Morgan fingerprint density at radius 2 is 0.971 bits per heavy atom. The van der Waals surface area contributed by atoms with E-state index in [2.05, 4.69) is 79.2 Å². The van der Waals surface area contributed by atoms with Crippen molar-refractivity contribution in [3.8, 4) is 34.4 Å². The number of halogens is 1. The summed E-state index contributed by atoms with van der Waals surface area (Å²) in [4.78, 5) is 46.5. The van der Waals surface area contributed by atoms with Gasteiger partial charge < -0.3 is 33.9 Å². The van der Waals surface area contributed by atoms with Gasteiger partial charge in [-0.3, -0.25) is 0 Å². The molecule has 0 amide bonds. The first kappa shape index (κ1) is 47.9. The van der Waals surface area contributed by atoms with Gasteiger partial charge in [-0.05, 0) is 137 Å². The van der Waals surface area contributed by atoms with Crippen LogP contribution in [-0.2, 0) is 12.0 Å². The first-order chi connectivity index (χ1) is 33.5. The second-order valence-electron chi connectivity index (χ2n) is 17.7. The number of fused-ring (bicyclic) bond motifs is 3. The normalized spacial score (nSPS) is 11.2. The minimum Gasteiger partial charge on any atom is -0.478 e. The van der Waals surface area contributed by atoms with E-state index < -0.39 is 17.9 Å². The van der Waals surface area contributed by atoms with Crippen molar-refractivity contribution in [3.63, 3.8) is 0 Å². The van der Waals surface area contributed by atoms with Crippen LogP contribution >= 0.6 is 11.6 Å². The second-order valence-corrected chi connectivity index (χ2v) is 18.1. The molecule has 14 heteroatoms. The average Bonchev–Trinajstić information content (AvgIpc) is 4.10. The van der Waals surface area contributed by atoms with E-state index in [9.17, 15) is 14.4 Å². The molecule has 3 heterocycles. The number of hydrogen-bond donors (Lipinski definition) is 4. The van der Waals surface area contributed by atoms with E-state index in [0.717, 1.165) is 22.3 Å². The van der Waals surface area contributed by atoms with Gasteiger partial charge in [0.2, 0.25) is 17.7 Å². The zero-order chi connectivity index (χ0) is 49.7. The summed E-state index contributed by atoms with van der Waals surface area (Å²) in [5.41, 5.74) is 11.4. The van der Waals surface area contributed by atoms with E-state index in [1.165, 1.54) is 23.3 Å². The average molecular weight is 955 g/mol. The topological polar surface area (TPSA) is 202 Å². The van der Waals surface area contributed by atoms with Gasteiger partial charge in [0, 0.05) is 33.9 Å². The molecule has 0 radical (unpaired) electrons.